The summed E-state index contributed by atoms with van der Waals surface area (Å²) in [4.78, 5) is 0.374. The van der Waals surface area contributed by atoms with E-state index in [2.05, 4.69) is 12.6 Å². The van der Waals surface area contributed by atoms with E-state index in [0.717, 1.165) is 23.6 Å². The average Bonchev–Trinajstić information content (AvgIpc) is 2.19. The molecule has 0 fully saturated rings. The molecule has 0 saturated carbocycles. The second kappa shape index (κ2) is 5.61. The highest BCUT2D eigenvalue weighted by Crippen LogP contribution is 2.24. The van der Waals surface area contributed by atoms with Crippen LogP contribution in [-0.4, -0.2) is 11.5 Å². The predicted molar refractivity (Wildman–Crippen MR) is 60.1 cm³/mol. The van der Waals surface area contributed by atoms with E-state index in [-0.39, 0.29) is 5.82 Å². The Bertz CT molecular complexity index is 302. The van der Waals surface area contributed by atoms with Gasteiger partial charge in [0.15, 0.2) is 0 Å². The highest BCUT2D eigenvalue weighted by Gasteiger charge is 2.06. The van der Waals surface area contributed by atoms with Crippen molar-refractivity contribution in [2.45, 2.75) is 11.8 Å². The smallest absolute Gasteiger partial charge is 0.136 e. The van der Waals surface area contributed by atoms with Crippen LogP contribution in [0.25, 0.3) is 0 Å². The Kier molecular flexibility index (Phi) is 4.75. The van der Waals surface area contributed by atoms with Crippen LogP contribution in [0.5, 0.6) is 0 Å². The number of thiol groups is 1. The third-order valence-electron chi connectivity index (χ3n) is 1.73. The molecule has 0 aliphatic rings. The van der Waals surface area contributed by atoms with E-state index in [1.54, 1.807) is 0 Å². The number of hydrogen-bond donors (Lipinski definition) is 1. The standard InChI is InChI=1S/C10H12F2S2/c1-7(5-13)6-14-10-4-8(11)2-3-9(10)12/h2-4,7,13H,5-6H2,1H3. The highest BCUT2D eigenvalue weighted by atomic mass is 32.2. The summed E-state index contributed by atoms with van der Waals surface area (Å²) in [6, 6.07) is 3.51. The van der Waals surface area contributed by atoms with Gasteiger partial charge in [-0.25, -0.2) is 8.78 Å². The van der Waals surface area contributed by atoms with Crippen LogP contribution in [0.15, 0.2) is 23.1 Å². The third kappa shape index (κ3) is 3.50. The Morgan fingerprint density at radius 2 is 2.14 bits per heavy atom. The number of hydrogen-bond acceptors (Lipinski definition) is 2. The maximum atomic E-state index is 13.1. The summed E-state index contributed by atoms with van der Waals surface area (Å²) >= 11 is 5.46. The number of benzene rings is 1. The zero-order chi connectivity index (χ0) is 10.6. The van der Waals surface area contributed by atoms with Crippen LogP contribution < -0.4 is 0 Å². The van der Waals surface area contributed by atoms with Crippen LogP contribution in [0.2, 0.25) is 0 Å². The third-order valence-corrected chi connectivity index (χ3v) is 3.71. The molecular weight excluding hydrogens is 222 g/mol. The van der Waals surface area contributed by atoms with Crippen molar-refractivity contribution in [1.29, 1.82) is 0 Å². The molecule has 0 N–H and O–H groups in total. The zero-order valence-electron chi connectivity index (χ0n) is 7.84. The second-order valence-corrected chi connectivity index (χ2v) is 4.60. The van der Waals surface area contributed by atoms with Crippen molar-refractivity contribution in [3.63, 3.8) is 0 Å². The summed E-state index contributed by atoms with van der Waals surface area (Å²) < 4.78 is 25.9. The first-order valence-corrected chi connectivity index (χ1v) is 5.94. The summed E-state index contributed by atoms with van der Waals surface area (Å²) in [5, 5.41) is 0. The van der Waals surface area contributed by atoms with Gasteiger partial charge in [-0.15, -0.1) is 11.8 Å². The van der Waals surface area contributed by atoms with Crippen LogP contribution in [-0.2, 0) is 0 Å². The zero-order valence-corrected chi connectivity index (χ0v) is 9.55. The van der Waals surface area contributed by atoms with Gasteiger partial charge in [0, 0.05) is 10.6 Å². The molecule has 1 unspecified atom stereocenters. The Hall–Kier alpha value is -0.220. The highest BCUT2D eigenvalue weighted by molar-refractivity contribution is 7.99. The minimum Gasteiger partial charge on any atom is -0.207 e. The van der Waals surface area contributed by atoms with Gasteiger partial charge in [-0.1, -0.05) is 6.92 Å². The first-order chi connectivity index (χ1) is 6.63. The number of halogens is 2. The molecule has 0 saturated heterocycles. The van der Waals surface area contributed by atoms with Gasteiger partial charge in [-0.3, -0.25) is 0 Å². The molecular formula is C10H12F2S2. The van der Waals surface area contributed by atoms with Crippen molar-refractivity contribution < 1.29 is 8.78 Å². The van der Waals surface area contributed by atoms with Gasteiger partial charge in [-0.2, -0.15) is 12.6 Å². The van der Waals surface area contributed by atoms with E-state index in [4.69, 9.17) is 0 Å². The summed E-state index contributed by atoms with van der Waals surface area (Å²) in [7, 11) is 0. The van der Waals surface area contributed by atoms with E-state index < -0.39 is 5.82 Å². The van der Waals surface area contributed by atoms with Gasteiger partial charge < -0.3 is 0 Å². The van der Waals surface area contributed by atoms with Crippen LogP contribution in [0.1, 0.15) is 6.92 Å². The van der Waals surface area contributed by atoms with Crippen molar-refractivity contribution in [2.24, 2.45) is 5.92 Å². The summed E-state index contributed by atoms with van der Waals surface area (Å²) in [5.41, 5.74) is 0. The predicted octanol–water partition coefficient (Wildman–Crippen LogP) is 3.62. The topological polar surface area (TPSA) is 0 Å². The van der Waals surface area contributed by atoms with Crippen molar-refractivity contribution in [3.8, 4) is 0 Å². The van der Waals surface area contributed by atoms with Crippen LogP contribution in [0, 0.1) is 17.6 Å². The van der Waals surface area contributed by atoms with E-state index in [1.807, 2.05) is 6.92 Å². The van der Waals surface area contributed by atoms with Crippen LogP contribution >= 0.6 is 24.4 Å². The van der Waals surface area contributed by atoms with Gasteiger partial charge >= 0.3 is 0 Å². The first kappa shape index (κ1) is 11.9. The second-order valence-electron chi connectivity index (χ2n) is 3.17. The molecule has 0 aliphatic carbocycles. The molecule has 0 radical (unpaired) electrons. The van der Waals surface area contributed by atoms with E-state index in [9.17, 15) is 8.78 Å². The fourth-order valence-electron chi connectivity index (χ4n) is 0.873. The molecule has 1 rings (SSSR count). The molecule has 0 amide bonds. The lowest BCUT2D eigenvalue weighted by molar-refractivity contribution is 0.576. The van der Waals surface area contributed by atoms with Crippen molar-refractivity contribution >= 4 is 24.4 Å². The minimum absolute atomic E-state index is 0.359. The molecule has 1 aromatic carbocycles. The Morgan fingerprint density at radius 3 is 2.79 bits per heavy atom. The molecule has 4 heteroatoms. The molecule has 1 atom stereocenters. The maximum Gasteiger partial charge on any atom is 0.136 e. The number of rotatable bonds is 4. The lowest BCUT2D eigenvalue weighted by Crippen LogP contribution is -1.99. The summed E-state index contributed by atoms with van der Waals surface area (Å²) in [6.07, 6.45) is 0. The van der Waals surface area contributed by atoms with Gasteiger partial charge in [0.25, 0.3) is 0 Å². The van der Waals surface area contributed by atoms with Crippen molar-refractivity contribution in [1.82, 2.24) is 0 Å². The Balaban J connectivity index is 2.62. The average molecular weight is 234 g/mol. The summed E-state index contributed by atoms with van der Waals surface area (Å²) in [6.45, 7) is 2.03. The maximum absolute atomic E-state index is 13.1. The fourth-order valence-corrected chi connectivity index (χ4v) is 2.16. The van der Waals surface area contributed by atoms with E-state index in [1.165, 1.54) is 17.8 Å². The molecule has 0 bridgehead atoms. The largest absolute Gasteiger partial charge is 0.207 e. The van der Waals surface area contributed by atoms with Gasteiger partial charge in [-0.05, 0) is 29.9 Å². The lowest BCUT2D eigenvalue weighted by atomic mass is 10.3. The Morgan fingerprint density at radius 1 is 1.43 bits per heavy atom. The minimum atomic E-state index is -0.396. The van der Waals surface area contributed by atoms with Gasteiger partial charge in [0.2, 0.25) is 0 Å². The molecule has 0 aliphatic heterocycles. The molecule has 0 nitrogen and oxygen atoms in total. The first-order valence-electron chi connectivity index (χ1n) is 4.32. The van der Waals surface area contributed by atoms with Crippen molar-refractivity contribution in [3.05, 3.63) is 29.8 Å². The van der Waals surface area contributed by atoms with Crippen LogP contribution in [0.3, 0.4) is 0 Å². The summed E-state index contributed by atoms with van der Waals surface area (Å²) in [5.74, 6) is 1.15. The quantitative estimate of drug-likeness (QED) is 0.613. The fraction of sp³-hybridized carbons (Fsp3) is 0.400. The molecule has 0 aromatic heterocycles. The van der Waals surface area contributed by atoms with Gasteiger partial charge in [0.1, 0.15) is 11.6 Å². The normalized spacial score (nSPS) is 12.9. The SMILES string of the molecule is CC(CS)CSc1cc(F)ccc1F. The monoisotopic (exact) mass is 234 g/mol. The van der Waals surface area contributed by atoms with E-state index in [0.29, 0.717) is 10.8 Å². The van der Waals surface area contributed by atoms with E-state index >= 15 is 0 Å². The lowest BCUT2D eigenvalue weighted by Gasteiger charge is -2.07. The van der Waals surface area contributed by atoms with Crippen LogP contribution in [0.4, 0.5) is 8.78 Å². The van der Waals surface area contributed by atoms with Crippen molar-refractivity contribution in [2.75, 3.05) is 11.5 Å². The molecule has 1 aromatic rings. The molecule has 14 heavy (non-hydrogen) atoms. The molecule has 0 heterocycles. The number of thioether (sulfide) groups is 1. The molecule has 78 valence electrons. The van der Waals surface area contributed by atoms with Gasteiger partial charge in [0.05, 0.1) is 0 Å². The Labute approximate surface area is 92.5 Å². The molecule has 0 spiro atoms.